The number of halogens is 6. The molecule has 0 bridgehead atoms. The van der Waals surface area contributed by atoms with Crippen LogP contribution in [0.5, 0.6) is 5.75 Å². The molecule has 0 radical (unpaired) electrons. The van der Waals surface area contributed by atoms with Crippen LogP contribution in [0.4, 0.5) is 22.0 Å². The Morgan fingerprint density at radius 1 is 1.44 bits per heavy atom. The van der Waals surface area contributed by atoms with Crippen molar-refractivity contribution in [2.24, 2.45) is 0 Å². The molecule has 0 spiro atoms. The molecule has 0 aliphatic carbocycles. The summed E-state index contributed by atoms with van der Waals surface area (Å²) in [5, 5.41) is 8.50. The molecule has 98 valence electrons. The zero-order valence-electron chi connectivity index (χ0n) is 8.43. The molecule has 0 aliphatic heterocycles. The zero-order valence-corrected chi connectivity index (χ0v) is 10.6. The molecule has 0 aliphatic rings. The van der Waals surface area contributed by atoms with E-state index in [1.165, 1.54) is 22.6 Å². The topological polar surface area (TPSA) is 45.9 Å². The SMILES string of the molecule is N#CCc1c(OC(F)(F)F)cnc(C(F)F)c1I. The van der Waals surface area contributed by atoms with Crippen molar-refractivity contribution in [2.75, 3.05) is 0 Å². The minimum absolute atomic E-state index is 0.203. The highest BCUT2D eigenvalue weighted by Crippen LogP contribution is 2.33. The second-order valence-electron chi connectivity index (χ2n) is 2.98. The van der Waals surface area contributed by atoms with Gasteiger partial charge in [0, 0.05) is 9.13 Å². The second kappa shape index (κ2) is 5.64. The van der Waals surface area contributed by atoms with Crippen molar-refractivity contribution >= 4 is 22.6 Å². The van der Waals surface area contributed by atoms with Gasteiger partial charge in [-0.2, -0.15) is 5.26 Å². The van der Waals surface area contributed by atoms with Gasteiger partial charge in [-0.25, -0.2) is 8.78 Å². The van der Waals surface area contributed by atoms with Gasteiger partial charge in [0.25, 0.3) is 6.43 Å². The first-order chi connectivity index (χ1) is 8.26. The summed E-state index contributed by atoms with van der Waals surface area (Å²) in [7, 11) is 0. The van der Waals surface area contributed by atoms with Crippen molar-refractivity contribution in [1.82, 2.24) is 4.98 Å². The molecule has 0 saturated carbocycles. The van der Waals surface area contributed by atoms with Crippen molar-refractivity contribution in [3.8, 4) is 11.8 Å². The Morgan fingerprint density at radius 3 is 2.50 bits per heavy atom. The van der Waals surface area contributed by atoms with Gasteiger partial charge in [0.2, 0.25) is 0 Å². The van der Waals surface area contributed by atoms with E-state index in [2.05, 4.69) is 9.72 Å². The third-order valence-electron chi connectivity index (χ3n) is 1.80. The van der Waals surface area contributed by atoms with Crippen LogP contribution in [0.2, 0.25) is 0 Å². The molecule has 0 amide bonds. The number of hydrogen-bond donors (Lipinski definition) is 0. The molecule has 0 N–H and O–H groups in total. The van der Waals surface area contributed by atoms with E-state index in [0.29, 0.717) is 6.20 Å². The van der Waals surface area contributed by atoms with Crippen LogP contribution in [0.1, 0.15) is 17.7 Å². The lowest BCUT2D eigenvalue weighted by Gasteiger charge is -2.14. The summed E-state index contributed by atoms with van der Waals surface area (Å²) in [5.41, 5.74) is -0.920. The van der Waals surface area contributed by atoms with Gasteiger partial charge in [0.05, 0.1) is 18.7 Å². The second-order valence-corrected chi connectivity index (χ2v) is 4.06. The Bertz CT molecular complexity index is 483. The van der Waals surface area contributed by atoms with E-state index in [-0.39, 0.29) is 9.13 Å². The highest BCUT2D eigenvalue weighted by atomic mass is 127. The van der Waals surface area contributed by atoms with E-state index in [1.807, 2.05) is 0 Å². The monoisotopic (exact) mass is 378 g/mol. The Kier molecular flexibility index (Phi) is 4.66. The normalized spacial score (nSPS) is 11.4. The van der Waals surface area contributed by atoms with Crippen LogP contribution in [0.25, 0.3) is 0 Å². The van der Waals surface area contributed by atoms with Crippen LogP contribution >= 0.6 is 22.6 Å². The number of aromatic nitrogens is 1. The van der Waals surface area contributed by atoms with Gasteiger partial charge in [-0.05, 0) is 22.6 Å². The highest BCUT2D eigenvalue weighted by molar-refractivity contribution is 14.1. The van der Waals surface area contributed by atoms with E-state index in [9.17, 15) is 22.0 Å². The predicted molar refractivity (Wildman–Crippen MR) is 57.9 cm³/mol. The van der Waals surface area contributed by atoms with Gasteiger partial charge < -0.3 is 4.74 Å². The highest BCUT2D eigenvalue weighted by Gasteiger charge is 2.33. The third kappa shape index (κ3) is 3.66. The molecule has 0 saturated heterocycles. The van der Waals surface area contributed by atoms with Gasteiger partial charge in [-0.15, -0.1) is 13.2 Å². The molecule has 1 aromatic rings. The Balaban J connectivity index is 3.28. The molecular weight excluding hydrogens is 374 g/mol. The van der Waals surface area contributed by atoms with Crippen molar-refractivity contribution in [2.45, 2.75) is 19.2 Å². The molecule has 0 aromatic carbocycles. The Morgan fingerprint density at radius 2 is 2.06 bits per heavy atom. The lowest BCUT2D eigenvalue weighted by Crippen LogP contribution is -2.19. The summed E-state index contributed by atoms with van der Waals surface area (Å²) in [6, 6.07) is 1.59. The van der Waals surface area contributed by atoms with Crippen molar-refractivity contribution in [1.29, 1.82) is 5.26 Å². The minimum Gasteiger partial charge on any atom is -0.404 e. The molecule has 1 aromatic heterocycles. The number of rotatable bonds is 3. The summed E-state index contributed by atoms with van der Waals surface area (Å²) in [5.74, 6) is -0.738. The van der Waals surface area contributed by atoms with Crippen molar-refractivity contribution < 1.29 is 26.7 Å². The first-order valence-corrected chi connectivity index (χ1v) is 5.42. The summed E-state index contributed by atoms with van der Waals surface area (Å²) in [4.78, 5) is 3.21. The maximum atomic E-state index is 12.5. The summed E-state index contributed by atoms with van der Waals surface area (Å²) < 4.78 is 64.7. The molecule has 0 fully saturated rings. The molecule has 0 unspecified atom stereocenters. The third-order valence-corrected chi connectivity index (χ3v) is 3.00. The number of nitrogens with zero attached hydrogens (tertiary/aromatic N) is 2. The van der Waals surface area contributed by atoms with Gasteiger partial charge in [-0.3, -0.25) is 4.98 Å². The van der Waals surface area contributed by atoms with E-state index in [1.54, 1.807) is 6.07 Å². The standard InChI is InChI=1S/C9H4F5IN2O/c10-8(11)7-6(15)4(1-2-16)5(3-17-7)18-9(12,13)14/h3,8H,1H2. The molecular formula is C9H4F5IN2O. The Labute approximate surface area is 112 Å². The smallest absolute Gasteiger partial charge is 0.404 e. The average Bonchev–Trinajstić information content (AvgIpc) is 2.21. The van der Waals surface area contributed by atoms with E-state index >= 15 is 0 Å². The van der Waals surface area contributed by atoms with Crippen LogP contribution in [-0.2, 0) is 6.42 Å². The lowest BCUT2D eigenvalue weighted by atomic mass is 10.1. The lowest BCUT2D eigenvalue weighted by molar-refractivity contribution is -0.275. The number of nitriles is 1. The molecule has 1 heterocycles. The first-order valence-electron chi connectivity index (χ1n) is 4.34. The molecule has 0 atom stereocenters. The quantitative estimate of drug-likeness (QED) is 0.597. The van der Waals surface area contributed by atoms with Crippen LogP contribution in [0.3, 0.4) is 0 Å². The minimum atomic E-state index is -4.97. The molecule has 18 heavy (non-hydrogen) atoms. The van der Waals surface area contributed by atoms with E-state index in [4.69, 9.17) is 5.26 Å². The van der Waals surface area contributed by atoms with Crippen molar-refractivity contribution in [3.63, 3.8) is 0 Å². The number of alkyl halides is 5. The molecule has 3 nitrogen and oxygen atoms in total. The summed E-state index contributed by atoms with van der Waals surface area (Å²) in [6.07, 6.45) is -7.84. The van der Waals surface area contributed by atoms with E-state index < -0.39 is 30.7 Å². The van der Waals surface area contributed by atoms with E-state index in [0.717, 1.165) is 0 Å². The fraction of sp³-hybridized carbons (Fsp3) is 0.333. The summed E-state index contributed by atoms with van der Waals surface area (Å²) in [6.45, 7) is 0. The fourth-order valence-corrected chi connectivity index (χ4v) is 1.97. The van der Waals surface area contributed by atoms with Gasteiger partial charge in [-0.1, -0.05) is 0 Å². The van der Waals surface area contributed by atoms with Gasteiger partial charge in [0.15, 0.2) is 5.75 Å². The average molecular weight is 378 g/mol. The first kappa shape index (κ1) is 14.9. The predicted octanol–water partition coefficient (Wildman–Crippen LogP) is 3.59. The fourth-order valence-electron chi connectivity index (χ4n) is 1.13. The van der Waals surface area contributed by atoms with Crippen molar-refractivity contribution in [3.05, 3.63) is 21.0 Å². The summed E-state index contributed by atoms with van der Waals surface area (Å²) >= 11 is 1.42. The largest absolute Gasteiger partial charge is 0.573 e. The van der Waals surface area contributed by atoms with Crippen LogP contribution in [0.15, 0.2) is 6.20 Å². The number of hydrogen-bond acceptors (Lipinski definition) is 3. The molecule has 1 rings (SSSR count). The number of ether oxygens (including phenoxy) is 1. The van der Waals surface area contributed by atoms with Crippen LogP contribution < -0.4 is 4.74 Å². The maximum Gasteiger partial charge on any atom is 0.573 e. The zero-order chi connectivity index (χ0) is 13.9. The Hall–Kier alpha value is -1.18. The van der Waals surface area contributed by atoms with Crippen LogP contribution in [0, 0.1) is 14.9 Å². The maximum absolute atomic E-state index is 12.5. The van der Waals surface area contributed by atoms with Crippen LogP contribution in [-0.4, -0.2) is 11.3 Å². The van der Waals surface area contributed by atoms with Gasteiger partial charge >= 0.3 is 6.36 Å². The molecule has 9 heteroatoms. The number of pyridine rings is 1. The van der Waals surface area contributed by atoms with Gasteiger partial charge in [0.1, 0.15) is 5.69 Å².